The third-order valence-corrected chi connectivity index (χ3v) is 3.05. The highest BCUT2D eigenvalue weighted by molar-refractivity contribution is 6.28. The highest BCUT2D eigenvalue weighted by atomic mass is 35.5. The van der Waals surface area contributed by atoms with Gasteiger partial charge in [0.1, 0.15) is 0 Å². The minimum absolute atomic E-state index is 0.182. The lowest BCUT2D eigenvalue weighted by Crippen LogP contribution is -2.12. The van der Waals surface area contributed by atoms with Gasteiger partial charge in [0.25, 0.3) is 0 Å². The van der Waals surface area contributed by atoms with Gasteiger partial charge in [-0.05, 0) is 44.9 Å². The van der Waals surface area contributed by atoms with E-state index in [0.717, 1.165) is 31.7 Å². The van der Waals surface area contributed by atoms with Gasteiger partial charge in [0.05, 0.1) is 5.69 Å². The summed E-state index contributed by atoms with van der Waals surface area (Å²) >= 11 is 5.86. The first-order valence-electron chi connectivity index (χ1n) is 6.99. The van der Waals surface area contributed by atoms with E-state index in [1.807, 2.05) is 18.5 Å². The van der Waals surface area contributed by atoms with E-state index in [1.54, 1.807) is 0 Å². The Morgan fingerprint density at radius 3 is 2.48 bits per heavy atom. The molecule has 0 aliphatic heterocycles. The first-order chi connectivity index (χ1) is 10.1. The van der Waals surface area contributed by atoms with Gasteiger partial charge in [-0.1, -0.05) is 0 Å². The molecule has 8 heteroatoms. The third kappa shape index (κ3) is 4.56. The number of nitrogens with one attached hydrogen (secondary N) is 2. The molecule has 2 aromatic heterocycles. The Kier molecular flexibility index (Phi) is 5.32. The van der Waals surface area contributed by atoms with Gasteiger partial charge in [0.2, 0.25) is 17.2 Å². The predicted octanol–water partition coefficient (Wildman–Crippen LogP) is 2.27. The average Bonchev–Trinajstić information content (AvgIpc) is 2.73. The molecule has 7 nitrogen and oxygen atoms in total. The van der Waals surface area contributed by atoms with Gasteiger partial charge >= 0.3 is 0 Å². The van der Waals surface area contributed by atoms with Crippen molar-refractivity contribution < 1.29 is 0 Å². The van der Waals surface area contributed by atoms with E-state index in [-0.39, 0.29) is 5.28 Å². The summed E-state index contributed by atoms with van der Waals surface area (Å²) in [6, 6.07) is 2.07. The van der Waals surface area contributed by atoms with Gasteiger partial charge in [0, 0.05) is 25.3 Å². The SMILES string of the molecule is CCNc1nc(Cl)nc(NCCCn2nc(C)cc2C)n1. The first-order valence-corrected chi connectivity index (χ1v) is 7.36. The van der Waals surface area contributed by atoms with Crippen molar-refractivity contribution in [2.24, 2.45) is 0 Å². The Morgan fingerprint density at radius 1 is 1.14 bits per heavy atom. The molecule has 21 heavy (non-hydrogen) atoms. The maximum absolute atomic E-state index is 5.86. The zero-order chi connectivity index (χ0) is 15.2. The summed E-state index contributed by atoms with van der Waals surface area (Å²) in [5, 5.41) is 10.8. The van der Waals surface area contributed by atoms with E-state index < -0.39 is 0 Å². The van der Waals surface area contributed by atoms with Crippen molar-refractivity contribution >= 4 is 23.5 Å². The second kappa shape index (κ2) is 7.21. The van der Waals surface area contributed by atoms with Gasteiger partial charge in [-0.15, -0.1) is 0 Å². The van der Waals surface area contributed by atoms with Crippen LogP contribution in [0.15, 0.2) is 6.07 Å². The van der Waals surface area contributed by atoms with Crippen LogP contribution >= 0.6 is 11.6 Å². The molecule has 0 aliphatic carbocycles. The highest BCUT2D eigenvalue weighted by Crippen LogP contribution is 2.09. The number of aromatic nitrogens is 5. The third-order valence-electron chi connectivity index (χ3n) is 2.88. The van der Waals surface area contributed by atoms with Crippen LogP contribution in [0.3, 0.4) is 0 Å². The maximum atomic E-state index is 5.86. The molecule has 0 saturated carbocycles. The minimum Gasteiger partial charge on any atom is -0.354 e. The lowest BCUT2D eigenvalue weighted by atomic mass is 10.4. The number of hydrogen-bond donors (Lipinski definition) is 2. The number of anilines is 2. The molecule has 0 spiro atoms. The van der Waals surface area contributed by atoms with Gasteiger partial charge in [-0.25, -0.2) is 0 Å². The smallest absolute Gasteiger partial charge is 0.228 e. The minimum atomic E-state index is 0.182. The summed E-state index contributed by atoms with van der Waals surface area (Å²) in [5.74, 6) is 0.970. The molecule has 0 aliphatic rings. The van der Waals surface area contributed by atoms with Crippen LogP contribution in [-0.2, 0) is 6.54 Å². The number of hydrogen-bond acceptors (Lipinski definition) is 6. The quantitative estimate of drug-likeness (QED) is 0.764. The van der Waals surface area contributed by atoms with Gasteiger partial charge in [0.15, 0.2) is 0 Å². The standard InChI is InChI=1S/C13H20ClN7/c1-4-15-12-17-11(14)18-13(19-12)16-6-5-7-21-10(3)8-9(2)20-21/h8H,4-7H2,1-3H3,(H2,15,16,17,18,19). The van der Waals surface area contributed by atoms with Gasteiger partial charge < -0.3 is 10.6 Å². The van der Waals surface area contributed by atoms with Crippen molar-refractivity contribution in [1.82, 2.24) is 24.7 Å². The topological polar surface area (TPSA) is 80.5 Å². The summed E-state index contributed by atoms with van der Waals surface area (Å²) in [7, 11) is 0. The monoisotopic (exact) mass is 309 g/mol. The Balaban J connectivity index is 1.84. The van der Waals surface area contributed by atoms with Crippen molar-refractivity contribution in [3.63, 3.8) is 0 Å². The fourth-order valence-corrected chi connectivity index (χ4v) is 2.16. The molecular formula is C13H20ClN7. The number of aryl methyl sites for hydroxylation is 3. The molecule has 0 saturated heterocycles. The average molecular weight is 310 g/mol. The molecule has 0 aromatic carbocycles. The summed E-state index contributed by atoms with van der Waals surface area (Å²) in [6.45, 7) is 8.35. The molecule has 2 N–H and O–H groups in total. The Hall–Kier alpha value is -1.89. The first kappa shape index (κ1) is 15.5. The second-order valence-electron chi connectivity index (χ2n) is 4.71. The molecular weight excluding hydrogens is 290 g/mol. The molecule has 0 bridgehead atoms. The van der Waals surface area contributed by atoms with E-state index >= 15 is 0 Å². The van der Waals surface area contributed by atoms with E-state index in [1.165, 1.54) is 5.69 Å². The molecule has 0 atom stereocenters. The lowest BCUT2D eigenvalue weighted by molar-refractivity contribution is 0.573. The largest absolute Gasteiger partial charge is 0.354 e. The van der Waals surface area contributed by atoms with Crippen molar-refractivity contribution in [2.75, 3.05) is 23.7 Å². The van der Waals surface area contributed by atoms with Crippen molar-refractivity contribution in [3.05, 3.63) is 22.7 Å². The van der Waals surface area contributed by atoms with Crippen molar-refractivity contribution in [2.45, 2.75) is 33.7 Å². The van der Waals surface area contributed by atoms with Crippen LogP contribution in [0.4, 0.5) is 11.9 Å². The van der Waals surface area contributed by atoms with Crippen LogP contribution < -0.4 is 10.6 Å². The van der Waals surface area contributed by atoms with E-state index in [2.05, 4.69) is 43.7 Å². The lowest BCUT2D eigenvalue weighted by Gasteiger charge is -2.08. The van der Waals surface area contributed by atoms with Crippen LogP contribution in [0, 0.1) is 13.8 Å². The van der Waals surface area contributed by atoms with Crippen LogP contribution in [-0.4, -0.2) is 37.8 Å². The predicted molar refractivity (Wildman–Crippen MR) is 83.8 cm³/mol. The zero-order valence-electron chi connectivity index (χ0n) is 12.5. The number of rotatable bonds is 7. The second-order valence-corrected chi connectivity index (χ2v) is 5.05. The highest BCUT2D eigenvalue weighted by Gasteiger charge is 2.04. The molecule has 2 aromatic rings. The number of nitrogens with zero attached hydrogens (tertiary/aromatic N) is 5. The van der Waals surface area contributed by atoms with E-state index in [9.17, 15) is 0 Å². The van der Waals surface area contributed by atoms with Crippen LogP contribution in [0.1, 0.15) is 24.7 Å². The molecule has 2 heterocycles. The molecule has 2 rings (SSSR count). The maximum Gasteiger partial charge on any atom is 0.228 e. The van der Waals surface area contributed by atoms with Crippen molar-refractivity contribution in [1.29, 1.82) is 0 Å². The van der Waals surface area contributed by atoms with E-state index in [4.69, 9.17) is 11.6 Å². The molecule has 0 unspecified atom stereocenters. The fourth-order valence-electron chi connectivity index (χ4n) is 2.00. The summed E-state index contributed by atoms with van der Waals surface area (Å²) in [4.78, 5) is 12.3. The van der Waals surface area contributed by atoms with Gasteiger partial charge in [-0.3, -0.25) is 4.68 Å². The zero-order valence-corrected chi connectivity index (χ0v) is 13.3. The van der Waals surface area contributed by atoms with Crippen LogP contribution in [0.25, 0.3) is 0 Å². The Bertz CT molecular complexity index is 596. The van der Waals surface area contributed by atoms with Crippen molar-refractivity contribution in [3.8, 4) is 0 Å². The summed E-state index contributed by atoms with van der Waals surface area (Å²) in [5.41, 5.74) is 2.21. The fraction of sp³-hybridized carbons (Fsp3) is 0.538. The van der Waals surface area contributed by atoms with Crippen LogP contribution in [0.2, 0.25) is 5.28 Å². The van der Waals surface area contributed by atoms with Crippen LogP contribution in [0.5, 0.6) is 0 Å². The van der Waals surface area contributed by atoms with E-state index in [0.29, 0.717) is 11.9 Å². The molecule has 0 radical (unpaired) electrons. The Labute approximate surface area is 129 Å². The Morgan fingerprint density at radius 2 is 1.86 bits per heavy atom. The molecule has 0 fully saturated rings. The summed E-state index contributed by atoms with van der Waals surface area (Å²) in [6.07, 6.45) is 0.918. The summed E-state index contributed by atoms with van der Waals surface area (Å²) < 4.78 is 2.00. The normalized spacial score (nSPS) is 10.7. The molecule has 114 valence electrons. The molecule has 0 amide bonds. The number of halogens is 1. The van der Waals surface area contributed by atoms with Gasteiger partial charge in [-0.2, -0.15) is 20.1 Å².